The second kappa shape index (κ2) is 3.03. The summed E-state index contributed by atoms with van der Waals surface area (Å²) >= 11 is 0. The van der Waals surface area contributed by atoms with Crippen LogP contribution in [0.5, 0.6) is 0 Å². The van der Waals surface area contributed by atoms with Crippen LogP contribution in [0.4, 0.5) is 0 Å². The highest BCUT2D eigenvalue weighted by atomic mass is 16.9. The van der Waals surface area contributed by atoms with Crippen molar-refractivity contribution >= 4 is 0 Å². The normalized spacial score (nSPS) is 42.2. The predicted molar refractivity (Wildman–Crippen MR) is 47.5 cm³/mol. The molecule has 2 unspecified atom stereocenters. The smallest absolute Gasteiger partial charge is 0.308 e. The molecule has 2 bridgehead atoms. The van der Waals surface area contributed by atoms with Crippen molar-refractivity contribution < 1.29 is 19.3 Å². The number of hydrogen-bond donors (Lipinski definition) is 1. The molecule has 0 amide bonds. The van der Waals surface area contributed by atoms with E-state index in [1.165, 1.54) is 0 Å². The number of aliphatic hydroxyl groups is 1. The summed E-state index contributed by atoms with van der Waals surface area (Å²) in [5.74, 6) is -0.926. The second-order valence-corrected chi connectivity index (χ2v) is 3.94. The molecule has 4 heteroatoms. The average Bonchev–Trinajstić information content (AvgIpc) is 2.23. The molecule has 3 aliphatic rings. The zero-order valence-corrected chi connectivity index (χ0v) is 7.99. The molecule has 0 radical (unpaired) electrons. The van der Waals surface area contributed by atoms with Crippen molar-refractivity contribution in [2.24, 2.45) is 0 Å². The Morgan fingerprint density at radius 2 is 2.00 bits per heavy atom. The third-order valence-electron chi connectivity index (χ3n) is 3.12. The number of aliphatic hydroxyl groups excluding tert-OH is 1. The molecule has 14 heavy (non-hydrogen) atoms. The van der Waals surface area contributed by atoms with Gasteiger partial charge in [-0.05, 0) is 24.8 Å². The van der Waals surface area contributed by atoms with Gasteiger partial charge in [-0.25, -0.2) is 0 Å². The van der Waals surface area contributed by atoms with Gasteiger partial charge in [-0.3, -0.25) is 0 Å². The third kappa shape index (κ3) is 1.08. The van der Waals surface area contributed by atoms with E-state index in [-0.39, 0.29) is 0 Å². The Morgan fingerprint density at radius 1 is 1.14 bits per heavy atom. The monoisotopic (exact) mass is 198 g/mol. The van der Waals surface area contributed by atoms with Crippen molar-refractivity contribution in [3.05, 3.63) is 11.1 Å². The first kappa shape index (κ1) is 8.85. The van der Waals surface area contributed by atoms with Crippen LogP contribution in [0.15, 0.2) is 11.1 Å². The van der Waals surface area contributed by atoms with E-state index < -0.39 is 12.1 Å². The summed E-state index contributed by atoms with van der Waals surface area (Å²) in [4.78, 5) is 0. The summed E-state index contributed by atoms with van der Waals surface area (Å²) in [5, 5.41) is 9.76. The summed E-state index contributed by atoms with van der Waals surface area (Å²) in [6.45, 7) is 1.54. The summed E-state index contributed by atoms with van der Waals surface area (Å²) in [6, 6.07) is 0. The average molecular weight is 198 g/mol. The van der Waals surface area contributed by atoms with Crippen molar-refractivity contribution in [1.82, 2.24) is 0 Å². The minimum absolute atomic E-state index is 0.291. The van der Waals surface area contributed by atoms with Gasteiger partial charge >= 0.3 is 5.97 Å². The van der Waals surface area contributed by atoms with Crippen LogP contribution >= 0.6 is 0 Å². The SMILES string of the molecule is OC1COC23OCCCC2=C1CCO3. The van der Waals surface area contributed by atoms with Crippen molar-refractivity contribution in [1.29, 1.82) is 0 Å². The van der Waals surface area contributed by atoms with Gasteiger partial charge in [0.05, 0.1) is 25.9 Å². The van der Waals surface area contributed by atoms with Gasteiger partial charge in [0, 0.05) is 5.57 Å². The van der Waals surface area contributed by atoms with Crippen molar-refractivity contribution in [3.63, 3.8) is 0 Å². The number of hydrogen-bond acceptors (Lipinski definition) is 4. The molecule has 3 aliphatic heterocycles. The zero-order valence-electron chi connectivity index (χ0n) is 7.99. The van der Waals surface area contributed by atoms with Gasteiger partial charge < -0.3 is 19.3 Å². The molecule has 0 saturated carbocycles. The minimum atomic E-state index is -0.926. The standard InChI is InChI=1S/C10H14O4/c11-9-6-14-10-8(2-1-4-12-10)7(9)3-5-13-10/h9,11H,1-6H2. The molecule has 0 aromatic heterocycles. The van der Waals surface area contributed by atoms with E-state index in [0.29, 0.717) is 19.8 Å². The molecule has 3 heterocycles. The third-order valence-corrected chi connectivity index (χ3v) is 3.12. The van der Waals surface area contributed by atoms with Crippen LogP contribution in [-0.2, 0) is 14.2 Å². The Kier molecular flexibility index (Phi) is 1.92. The second-order valence-electron chi connectivity index (χ2n) is 3.94. The van der Waals surface area contributed by atoms with E-state index in [0.717, 1.165) is 30.4 Å². The first-order valence-electron chi connectivity index (χ1n) is 5.14. The van der Waals surface area contributed by atoms with Crippen LogP contribution in [0.2, 0.25) is 0 Å². The van der Waals surface area contributed by atoms with Gasteiger partial charge in [0.1, 0.15) is 0 Å². The van der Waals surface area contributed by atoms with Crippen LogP contribution in [-0.4, -0.2) is 37.0 Å². The predicted octanol–water partition coefficient (Wildman–Crippen LogP) is 0.559. The first-order chi connectivity index (χ1) is 6.82. The molecule has 1 N–H and O–H groups in total. The van der Waals surface area contributed by atoms with E-state index in [9.17, 15) is 5.11 Å². The Morgan fingerprint density at radius 3 is 2.93 bits per heavy atom. The quantitative estimate of drug-likeness (QED) is 0.578. The minimum Gasteiger partial charge on any atom is -0.386 e. The van der Waals surface area contributed by atoms with Crippen LogP contribution in [0.1, 0.15) is 19.3 Å². The topological polar surface area (TPSA) is 47.9 Å². The molecule has 0 aromatic rings. The van der Waals surface area contributed by atoms with E-state index in [2.05, 4.69) is 0 Å². The van der Waals surface area contributed by atoms with Crippen LogP contribution in [0, 0.1) is 0 Å². The first-order valence-corrected chi connectivity index (χ1v) is 5.14. The highest BCUT2D eigenvalue weighted by molar-refractivity contribution is 5.28. The Hall–Kier alpha value is -0.420. The summed E-state index contributed by atoms with van der Waals surface area (Å²) in [7, 11) is 0. The van der Waals surface area contributed by atoms with Crippen LogP contribution in [0.3, 0.4) is 0 Å². The maximum atomic E-state index is 9.76. The maximum Gasteiger partial charge on any atom is 0.308 e. The van der Waals surface area contributed by atoms with Crippen molar-refractivity contribution in [3.8, 4) is 0 Å². The lowest BCUT2D eigenvalue weighted by Crippen LogP contribution is -2.53. The van der Waals surface area contributed by atoms with E-state index in [4.69, 9.17) is 14.2 Å². The fourth-order valence-electron chi connectivity index (χ4n) is 2.46. The van der Waals surface area contributed by atoms with Crippen molar-refractivity contribution in [2.45, 2.75) is 31.3 Å². The zero-order chi connectivity index (χ0) is 9.60. The molecule has 0 spiro atoms. The molecule has 1 saturated heterocycles. The van der Waals surface area contributed by atoms with Crippen LogP contribution < -0.4 is 0 Å². The highest BCUT2D eigenvalue weighted by Gasteiger charge is 2.49. The lowest BCUT2D eigenvalue weighted by molar-refractivity contribution is -0.381. The highest BCUT2D eigenvalue weighted by Crippen LogP contribution is 2.43. The molecular formula is C10H14O4. The molecule has 2 atom stereocenters. The van der Waals surface area contributed by atoms with Gasteiger partial charge in [0.25, 0.3) is 0 Å². The largest absolute Gasteiger partial charge is 0.386 e. The van der Waals surface area contributed by atoms with Gasteiger partial charge in [-0.1, -0.05) is 0 Å². The number of rotatable bonds is 0. The molecular weight excluding hydrogens is 184 g/mol. The van der Waals surface area contributed by atoms with E-state index >= 15 is 0 Å². The van der Waals surface area contributed by atoms with E-state index in [1.54, 1.807) is 0 Å². The Balaban J connectivity index is 2.06. The molecule has 4 nitrogen and oxygen atoms in total. The van der Waals surface area contributed by atoms with Crippen molar-refractivity contribution in [2.75, 3.05) is 19.8 Å². The lowest BCUT2D eigenvalue weighted by Gasteiger charge is -2.46. The fourth-order valence-corrected chi connectivity index (χ4v) is 2.46. The summed E-state index contributed by atoms with van der Waals surface area (Å²) in [6.07, 6.45) is 2.26. The van der Waals surface area contributed by atoms with Gasteiger partial charge in [0.2, 0.25) is 0 Å². The Bertz CT molecular complexity index is 286. The molecule has 3 rings (SSSR count). The van der Waals surface area contributed by atoms with Gasteiger partial charge in [-0.2, -0.15) is 0 Å². The molecule has 0 aliphatic carbocycles. The lowest BCUT2D eigenvalue weighted by atomic mass is 9.89. The fraction of sp³-hybridized carbons (Fsp3) is 0.800. The Labute approximate surface area is 82.5 Å². The summed E-state index contributed by atoms with van der Waals surface area (Å²) in [5.41, 5.74) is 2.12. The van der Waals surface area contributed by atoms with Crippen LogP contribution in [0.25, 0.3) is 0 Å². The molecule has 1 fully saturated rings. The van der Waals surface area contributed by atoms with Gasteiger partial charge in [0.15, 0.2) is 0 Å². The van der Waals surface area contributed by atoms with E-state index in [1.807, 2.05) is 0 Å². The van der Waals surface area contributed by atoms with Gasteiger partial charge in [-0.15, -0.1) is 0 Å². The number of ether oxygens (including phenoxy) is 3. The molecule has 0 aromatic carbocycles. The molecule has 78 valence electrons. The maximum absolute atomic E-state index is 9.76. The summed E-state index contributed by atoms with van der Waals surface area (Å²) < 4.78 is 16.7.